The standard InChI is InChI=1S/C19H10N2O2/c22-18-11-5-1-3-7-15(11)21-16-8-4-2-6-12(16)19(23)14-10-20-9-13(18)17(14)21/h1-10H. The van der Waals surface area contributed by atoms with Crippen LogP contribution in [0.1, 0.15) is 0 Å². The molecule has 0 fully saturated rings. The van der Waals surface area contributed by atoms with Crippen molar-refractivity contribution in [2.75, 3.05) is 0 Å². The monoisotopic (exact) mass is 298 g/mol. The molecule has 0 bridgehead atoms. The zero-order chi connectivity index (χ0) is 15.6. The summed E-state index contributed by atoms with van der Waals surface area (Å²) in [5.74, 6) is 0. The van der Waals surface area contributed by atoms with Crippen LogP contribution in [0.2, 0.25) is 0 Å². The predicted octanol–water partition coefficient (Wildman–Crippen LogP) is 2.95. The minimum atomic E-state index is -0.0895. The van der Waals surface area contributed by atoms with Crippen molar-refractivity contribution >= 4 is 38.1 Å². The van der Waals surface area contributed by atoms with E-state index in [0.717, 1.165) is 11.0 Å². The molecule has 108 valence electrons. The maximum Gasteiger partial charge on any atom is 0.198 e. The zero-order valence-electron chi connectivity index (χ0n) is 12.0. The van der Waals surface area contributed by atoms with Crippen molar-refractivity contribution < 1.29 is 0 Å². The molecule has 4 heteroatoms. The van der Waals surface area contributed by atoms with Crippen molar-refractivity contribution in [3.05, 3.63) is 81.4 Å². The number of hydrogen-bond acceptors (Lipinski definition) is 3. The van der Waals surface area contributed by atoms with E-state index in [9.17, 15) is 9.59 Å². The topological polar surface area (TPSA) is 51.4 Å². The lowest BCUT2D eigenvalue weighted by atomic mass is 10.1. The molecule has 0 atom stereocenters. The van der Waals surface area contributed by atoms with Gasteiger partial charge in [-0.05, 0) is 24.3 Å². The largest absolute Gasteiger partial charge is 0.307 e. The van der Waals surface area contributed by atoms with E-state index in [1.807, 2.05) is 52.9 Å². The van der Waals surface area contributed by atoms with Crippen molar-refractivity contribution in [1.29, 1.82) is 0 Å². The first-order chi connectivity index (χ1) is 11.3. The van der Waals surface area contributed by atoms with Crippen molar-refractivity contribution in [3.63, 3.8) is 0 Å². The van der Waals surface area contributed by atoms with Crippen LogP contribution in [0.4, 0.5) is 0 Å². The van der Waals surface area contributed by atoms with Crippen LogP contribution in [0.3, 0.4) is 0 Å². The summed E-state index contributed by atoms with van der Waals surface area (Å²) in [5, 5.41) is 2.21. The molecule has 0 saturated carbocycles. The van der Waals surface area contributed by atoms with E-state index in [4.69, 9.17) is 0 Å². The molecule has 3 heterocycles. The van der Waals surface area contributed by atoms with Gasteiger partial charge in [-0.15, -0.1) is 0 Å². The normalized spacial score (nSPS) is 11.8. The van der Waals surface area contributed by atoms with Gasteiger partial charge in [0.2, 0.25) is 0 Å². The summed E-state index contributed by atoms with van der Waals surface area (Å²) in [6, 6.07) is 14.9. The number of fused-ring (bicyclic) bond motifs is 4. The SMILES string of the molecule is O=c1c2ccccc2n2c3ccccc3c(=O)c3cncc1c32. The van der Waals surface area contributed by atoms with Crippen molar-refractivity contribution in [2.45, 2.75) is 0 Å². The Morgan fingerprint density at radius 1 is 0.652 bits per heavy atom. The van der Waals surface area contributed by atoms with Crippen LogP contribution in [0.5, 0.6) is 0 Å². The van der Waals surface area contributed by atoms with Gasteiger partial charge in [-0.2, -0.15) is 0 Å². The fourth-order valence-electron chi connectivity index (χ4n) is 3.41. The average molecular weight is 298 g/mol. The number of nitrogens with zero attached hydrogens (tertiary/aromatic N) is 2. The number of para-hydroxylation sites is 2. The highest BCUT2D eigenvalue weighted by atomic mass is 16.1. The van der Waals surface area contributed by atoms with E-state index >= 15 is 0 Å². The predicted molar refractivity (Wildman–Crippen MR) is 91.4 cm³/mol. The molecule has 5 aromatic rings. The summed E-state index contributed by atoms with van der Waals surface area (Å²) in [4.78, 5) is 29.7. The average Bonchev–Trinajstić information content (AvgIpc) is 2.61. The molecule has 23 heavy (non-hydrogen) atoms. The first kappa shape index (κ1) is 12.3. The number of pyridine rings is 3. The zero-order valence-corrected chi connectivity index (χ0v) is 12.0. The van der Waals surface area contributed by atoms with Crippen LogP contribution in [0.15, 0.2) is 70.5 Å². The Hall–Kier alpha value is -3.27. The molecule has 0 aliphatic carbocycles. The third kappa shape index (κ3) is 1.42. The molecule has 0 N–H and O–H groups in total. The van der Waals surface area contributed by atoms with Gasteiger partial charge in [0, 0.05) is 23.2 Å². The lowest BCUT2D eigenvalue weighted by Gasteiger charge is -2.13. The summed E-state index contributed by atoms with van der Waals surface area (Å²) in [6.45, 7) is 0. The number of rotatable bonds is 0. The molecular weight excluding hydrogens is 288 g/mol. The maximum atomic E-state index is 12.8. The van der Waals surface area contributed by atoms with E-state index < -0.39 is 0 Å². The smallest absolute Gasteiger partial charge is 0.198 e. The second-order valence-corrected chi connectivity index (χ2v) is 5.61. The summed E-state index contributed by atoms with van der Waals surface area (Å²) in [7, 11) is 0. The molecule has 0 aliphatic heterocycles. The Labute approximate surface area is 129 Å². The summed E-state index contributed by atoms with van der Waals surface area (Å²) in [5.41, 5.74) is 2.07. The number of aromatic nitrogens is 2. The van der Waals surface area contributed by atoms with E-state index in [1.54, 1.807) is 12.4 Å². The van der Waals surface area contributed by atoms with Gasteiger partial charge in [0.25, 0.3) is 0 Å². The molecule has 0 amide bonds. The van der Waals surface area contributed by atoms with Crippen LogP contribution < -0.4 is 10.9 Å². The quantitative estimate of drug-likeness (QED) is 0.326. The lowest BCUT2D eigenvalue weighted by Crippen LogP contribution is -2.14. The van der Waals surface area contributed by atoms with Gasteiger partial charge < -0.3 is 4.40 Å². The van der Waals surface area contributed by atoms with Gasteiger partial charge in [0.1, 0.15) is 0 Å². The van der Waals surface area contributed by atoms with Crippen LogP contribution in [0, 0.1) is 0 Å². The third-order valence-electron chi connectivity index (χ3n) is 4.41. The first-order valence-electron chi connectivity index (χ1n) is 7.33. The Morgan fingerprint density at radius 2 is 1.13 bits per heavy atom. The maximum absolute atomic E-state index is 12.8. The number of benzene rings is 2. The molecule has 0 radical (unpaired) electrons. The van der Waals surface area contributed by atoms with Crippen molar-refractivity contribution in [3.8, 4) is 0 Å². The van der Waals surface area contributed by atoms with E-state index in [2.05, 4.69) is 4.98 Å². The van der Waals surface area contributed by atoms with Crippen LogP contribution >= 0.6 is 0 Å². The molecular formula is C19H10N2O2. The molecule has 0 spiro atoms. The van der Waals surface area contributed by atoms with Crippen LogP contribution in [-0.2, 0) is 0 Å². The summed E-state index contributed by atoms with van der Waals surface area (Å²) < 4.78 is 2.00. The Balaban J connectivity index is 2.37. The van der Waals surface area contributed by atoms with E-state index in [0.29, 0.717) is 27.1 Å². The van der Waals surface area contributed by atoms with E-state index in [-0.39, 0.29) is 10.9 Å². The van der Waals surface area contributed by atoms with Crippen LogP contribution in [-0.4, -0.2) is 9.38 Å². The molecule has 2 aromatic carbocycles. The lowest BCUT2D eigenvalue weighted by molar-refractivity contribution is 1.28. The van der Waals surface area contributed by atoms with Gasteiger partial charge in [-0.25, -0.2) is 0 Å². The Kier molecular flexibility index (Phi) is 2.21. The fourth-order valence-corrected chi connectivity index (χ4v) is 3.41. The third-order valence-corrected chi connectivity index (χ3v) is 4.41. The van der Waals surface area contributed by atoms with Gasteiger partial charge >= 0.3 is 0 Å². The Bertz CT molecular complexity index is 1250. The minimum absolute atomic E-state index is 0.0895. The molecule has 0 aliphatic rings. The Morgan fingerprint density at radius 3 is 1.65 bits per heavy atom. The highest BCUT2D eigenvalue weighted by molar-refractivity contribution is 6.06. The van der Waals surface area contributed by atoms with Gasteiger partial charge in [-0.1, -0.05) is 24.3 Å². The van der Waals surface area contributed by atoms with Crippen molar-refractivity contribution in [1.82, 2.24) is 9.38 Å². The molecule has 5 rings (SSSR count). The second kappa shape index (κ2) is 4.14. The second-order valence-electron chi connectivity index (χ2n) is 5.61. The highest BCUT2D eigenvalue weighted by Gasteiger charge is 2.16. The van der Waals surface area contributed by atoms with Crippen LogP contribution in [0.25, 0.3) is 38.1 Å². The first-order valence-corrected chi connectivity index (χ1v) is 7.33. The summed E-state index contributed by atoms with van der Waals surface area (Å²) >= 11 is 0. The fraction of sp³-hybridized carbons (Fsp3) is 0. The minimum Gasteiger partial charge on any atom is -0.307 e. The van der Waals surface area contributed by atoms with E-state index in [1.165, 1.54) is 0 Å². The molecule has 0 unspecified atom stereocenters. The van der Waals surface area contributed by atoms with Gasteiger partial charge in [0.15, 0.2) is 10.9 Å². The molecule has 4 nitrogen and oxygen atoms in total. The highest BCUT2D eigenvalue weighted by Crippen LogP contribution is 2.25. The molecule has 3 aromatic heterocycles. The number of hydrogen-bond donors (Lipinski definition) is 0. The van der Waals surface area contributed by atoms with Gasteiger partial charge in [-0.3, -0.25) is 14.6 Å². The van der Waals surface area contributed by atoms with Gasteiger partial charge in [0.05, 0.1) is 27.3 Å². The molecule has 0 saturated heterocycles. The summed E-state index contributed by atoms with van der Waals surface area (Å²) in [6.07, 6.45) is 3.09. The van der Waals surface area contributed by atoms with Crippen molar-refractivity contribution in [2.24, 2.45) is 0 Å².